The van der Waals surface area contributed by atoms with Gasteiger partial charge in [0.2, 0.25) is 5.69 Å². The quantitative estimate of drug-likeness (QED) is 0.366. The van der Waals surface area contributed by atoms with E-state index in [9.17, 15) is 50.6 Å². The standard InChI is InChI=1S/C12H5N7O10/c20-15(21)6-1-2-8(9(3-6)17(24)25)13-14-12-10(18(26)27)4-7(16(22)23)5-11(12)19(28)29/h1-5H. The van der Waals surface area contributed by atoms with Gasteiger partial charge in [0.15, 0.2) is 5.69 Å². The minimum Gasteiger partial charge on any atom is -0.258 e. The molecule has 0 amide bonds. The van der Waals surface area contributed by atoms with Crippen LogP contribution in [-0.2, 0) is 0 Å². The highest BCUT2D eigenvalue weighted by Crippen LogP contribution is 2.42. The minimum atomic E-state index is -1.18. The van der Waals surface area contributed by atoms with Gasteiger partial charge < -0.3 is 0 Å². The number of nitrogens with zero attached hydrogens (tertiary/aromatic N) is 7. The summed E-state index contributed by atoms with van der Waals surface area (Å²) in [5, 5.41) is 61.5. The van der Waals surface area contributed by atoms with Crippen LogP contribution in [0.2, 0.25) is 0 Å². The Balaban J connectivity index is 2.70. The van der Waals surface area contributed by atoms with E-state index in [0.29, 0.717) is 18.2 Å². The largest absolute Gasteiger partial charge is 0.310 e. The van der Waals surface area contributed by atoms with Gasteiger partial charge in [-0.1, -0.05) is 0 Å². The molecule has 0 aliphatic rings. The lowest BCUT2D eigenvalue weighted by Crippen LogP contribution is -1.97. The van der Waals surface area contributed by atoms with Gasteiger partial charge in [-0.2, -0.15) is 0 Å². The highest BCUT2D eigenvalue weighted by molar-refractivity contribution is 5.74. The van der Waals surface area contributed by atoms with Crippen LogP contribution in [0.15, 0.2) is 40.6 Å². The first-order chi connectivity index (χ1) is 13.5. The second kappa shape index (κ2) is 7.73. The lowest BCUT2D eigenvalue weighted by Gasteiger charge is -2.00. The lowest BCUT2D eigenvalue weighted by atomic mass is 10.2. The molecule has 0 aliphatic heterocycles. The van der Waals surface area contributed by atoms with Crippen molar-refractivity contribution in [2.45, 2.75) is 0 Å². The number of non-ortho nitro benzene ring substituents is 2. The van der Waals surface area contributed by atoms with Crippen LogP contribution in [0, 0.1) is 50.6 Å². The van der Waals surface area contributed by atoms with E-state index in [0.717, 1.165) is 12.1 Å². The molecular weight excluding hydrogens is 402 g/mol. The normalized spacial score (nSPS) is 10.6. The van der Waals surface area contributed by atoms with Gasteiger partial charge in [0.1, 0.15) is 0 Å². The highest BCUT2D eigenvalue weighted by atomic mass is 16.6. The fourth-order valence-corrected chi connectivity index (χ4v) is 2.04. The SMILES string of the molecule is O=[N+]([O-])c1ccc(N=Nc2c([N+](=O)[O-])cc([N+](=O)[O-])cc2[N+](=O)[O-])c([N+](=O)[O-])c1. The van der Waals surface area contributed by atoms with E-state index in [1.165, 1.54) is 0 Å². The maximum atomic E-state index is 11.2. The Morgan fingerprint density at radius 3 is 1.41 bits per heavy atom. The van der Waals surface area contributed by atoms with Crippen molar-refractivity contribution in [3.8, 4) is 0 Å². The Labute approximate surface area is 156 Å². The second-order valence-electron chi connectivity index (χ2n) is 4.99. The Morgan fingerprint density at radius 2 is 1.00 bits per heavy atom. The predicted octanol–water partition coefficient (Wildman–Crippen LogP) is 3.64. The average molecular weight is 407 g/mol. The van der Waals surface area contributed by atoms with E-state index in [4.69, 9.17) is 0 Å². The summed E-state index contributed by atoms with van der Waals surface area (Å²) in [4.78, 5) is 49.5. The van der Waals surface area contributed by atoms with E-state index < -0.39 is 64.4 Å². The fourth-order valence-electron chi connectivity index (χ4n) is 2.04. The van der Waals surface area contributed by atoms with E-state index in [-0.39, 0.29) is 0 Å². The summed E-state index contributed by atoms with van der Waals surface area (Å²) in [6.45, 7) is 0. The molecule has 2 rings (SSSR count). The first kappa shape index (κ1) is 20.4. The summed E-state index contributed by atoms with van der Waals surface area (Å²) in [6.07, 6.45) is 0. The van der Waals surface area contributed by atoms with Crippen molar-refractivity contribution in [3.05, 3.63) is 80.9 Å². The smallest absolute Gasteiger partial charge is 0.258 e. The van der Waals surface area contributed by atoms with Crippen molar-refractivity contribution in [1.29, 1.82) is 0 Å². The van der Waals surface area contributed by atoms with E-state index in [2.05, 4.69) is 10.2 Å². The van der Waals surface area contributed by atoms with Crippen molar-refractivity contribution in [3.63, 3.8) is 0 Å². The second-order valence-corrected chi connectivity index (χ2v) is 4.99. The van der Waals surface area contributed by atoms with Crippen LogP contribution < -0.4 is 0 Å². The summed E-state index contributed by atoms with van der Waals surface area (Å²) in [6, 6.07) is 3.01. The third-order valence-corrected chi connectivity index (χ3v) is 3.28. The molecule has 2 aromatic carbocycles. The molecule has 0 saturated heterocycles. The topological polar surface area (TPSA) is 240 Å². The molecule has 0 saturated carbocycles. The molecule has 29 heavy (non-hydrogen) atoms. The molecular formula is C12H5N7O10. The molecule has 0 bridgehead atoms. The molecule has 17 heteroatoms. The Hall–Kier alpha value is -4.96. The van der Waals surface area contributed by atoms with Gasteiger partial charge in [-0.25, -0.2) is 0 Å². The molecule has 0 spiro atoms. The van der Waals surface area contributed by atoms with Gasteiger partial charge in [0.05, 0.1) is 42.8 Å². The van der Waals surface area contributed by atoms with Crippen LogP contribution >= 0.6 is 0 Å². The fraction of sp³-hybridized carbons (Fsp3) is 0. The predicted molar refractivity (Wildman–Crippen MR) is 90.3 cm³/mol. The molecule has 0 heterocycles. The monoisotopic (exact) mass is 407 g/mol. The number of rotatable bonds is 7. The molecule has 148 valence electrons. The van der Waals surface area contributed by atoms with Gasteiger partial charge in [-0.05, 0) is 6.07 Å². The molecule has 2 aromatic rings. The van der Waals surface area contributed by atoms with Gasteiger partial charge in [0.25, 0.3) is 11.4 Å². The minimum absolute atomic E-state index is 0.408. The highest BCUT2D eigenvalue weighted by Gasteiger charge is 2.31. The Morgan fingerprint density at radius 1 is 0.552 bits per heavy atom. The van der Waals surface area contributed by atoms with Crippen LogP contribution in [0.3, 0.4) is 0 Å². The first-order valence-corrected chi connectivity index (χ1v) is 6.98. The molecule has 0 fully saturated rings. The maximum Gasteiger partial charge on any atom is 0.310 e. The zero-order valence-corrected chi connectivity index (χ0v) is 13.6. The first-order valence-electron chi connectivity index (χ1n) is 6.98. The van der Waals surface area contributed by atoms with Crippen molar-refractivity contribution < 1.29 is 24.6 Å². The van der Waals surface area contributed by atoms with Crippen LogP contribution in [0.1, 0.15) is 0 Å². The molecule has 0 aromatic heterocycles. The summed E-state index contributed by atoms with van der Waals surface area (Å²) < 4.78 is 0. The molecule has 17 nitrogen and oxygen atoms in total. The van der Waals surface area contributed by atoms with Crippen LogP contribution in [0.4, 0.5) is 39.8 Å². The number of benzene rings is 2. The lowest BCUT2D eigenvalue weighted by molar-refractivity contribution is -0.402. The van der Waals surface area contributed by atoms with E-state index in [1.54, 1.807) is 0 Å². The zero-order chi connectivity index (χ0) is 21.9. The summed E-state index contributed by atoms with van der Waals surface area (Å²) in [5.41, 5.74) is -6.37. The summed E-state index contributed by atoms with van der Waals surface area (Å²) >= 11 is 0. The van der Waals surface area contributed by atoms with Gasteiger partial charge in [-0.3, -0.25) is 50.6 Å². The Bertz CT molecular complexity index is 1080. The van der Waals surface area contributed by atoms with Crippen molar-refractivity contribution in [2.24, 2.45) is 10.2 Å². The third kappa shape index (κ3) is 4.24. The van der Waals surface area contributed by atoms with E-state index in [1.807, 2.05) is 0 Å². The molecule has 0 aliphatic carbocycles. The zero-order valence-electron chi connectivity index (χ0n) is 13.6. The molecule has 0 radical (unpaired) electrons. The van der Waals surface area contributed by atoms with Gasteiger partial charge in [0, 0.05) is 6.07 Å². The summed E-state index contributed by atoms with van der Waals surface area (Å²) in [7, 11) is 0. The summed E-state index contributed by atoms with van der Waals surface area (Å²) in [5.74, 6) is 0. The van der Waals surface area contributed by atoms with Crippen LogP contribution in [0.25, 0.3) is 0 Å². The number of nitro groups is 5. The number of azo groups is 1. The van der Waals surface area contributed by atoms with Gasteiger partial charge >= 0.3 is 17.1 Å². The van der Waals surface area contributed by atoms with Crippen molar-refractivity contribution >= 4 is 39.8 Å². The maximum absolute atomic E-state index is 11.2. The Kier molecular flexibility index (Phi) is 5.43. The van der Waals surface area contributed by atoms with Crippen molar-refractivity contribution in [1.82, 2.24) is 0 Å². The number of nitro benzene ring substituents is 5. The molecule has 0 unspecified atom stereocenters. The third-order valence-electron chi connectivity index (χ3n) is 3.28. The molecule has 0 N–H and O–H groups in total. The number of hydrogen-bond acceptors (Lipinski definition) is 12. The van der Waals surface area contributed by atoms with Crippen LogP contribution in [-0.4, -0.2) is 24.6 Å². The van der Waals surface area contributed by atoms with E-state index >= 15 is 0 Å². The van der Waals surface area contributed by atoms with Crippen LogP contribution in [0.5, 0.6) is 0 Å². The van der Waals surface area contributed by atoms with Gasteiger partial charge in [-0.15, -0.1) is 10.2 Å². The average Bonchev–Trinajstić information content (AvgIpc) is 2.64. The van der Waals surface area contributed by atoms with Crippen molar-refractivity contribution in [2.75, 3.05) is 0 Å². The molecule has 0 atom stereocenters. The number of hydrogen-bond donors (Lipinski definition) is 0.